The number of fused-ring (bicyclic) bond motifs is 3. The monoisotopic (exact) mass is 597 g/mol. The summed E-state index contributed by atoms with van der Waals surface area (Å²) in [5.41, 5.74) is -0.261. The van der Waals surface area contributed by atoms with E-state index in [2.05, 4.69) is 0 Å². The number of carbonyl (C=O) groups is 2. The van der Waals surface area contributed by atoms with E-state index in [9.17, 15) is 32.9 Å². The average Bonchev–Trinajstić information content (AvgIpc) is 3.00. The molecule has 0 bridgehead atoms. The molecule has 4 aromatic carbocycles. The highest BCUT2D eigenvalue weighted by atomic mass is 32.2. The molecule has 0 saturated heterocycles. The van der Waals surface area contributed by atoms with Gasteiger partial charge in [-0.1, -0.05) is 12.1 Å². The molecular weight excluding hydrogens is 578 g/mol. The summed E-state index contributed by atoms with van der Waals surface area (Å²) in [6, 6.07) is 17.6. The number of hydrogen-bond acceptors (Lipinski definition) is 10. The maximum atomic E-state index is 13.3. The molecule has 0 N–H and O–H groups in total. The number of sulfone groups is 1. The predicted octanol–water partition coefficient (Wildman–Crippen LogP) is 5.71. The molecule has 0 fully saturated rings. The number of aryl methyl sites for hydroxylation is 2. The van der Waals surface area contributed by atoms with Crippen molar-refractivity contribution >= 4 is 38.2 Å². The molecule has 0 aliphatic carbocycles. The summed E-state index contributed by atoms with van der Waals surface area (Å²) in [5.74, 6) is -1.09. The van der Waals surface area contributed by atoms with Crippen LogP contribution in [0.25, 0.3) is 11.0 Å². The van der Waals surface area contributed by atoms with Gasteiger partial charge in [-0.2, -0.15) is 0 Å². The van der Waals surface area contributed by atoms with E-state index in [1.165, 1.54) is 73.7 Å². The Hall–Kier alpha value is -5.62. The fourth-order valence-electron chi connectivity index (χ4n) is 4.82. The molecule has 1 aliphatic rings. The van der Waals surface area contributed by atoms with Gasteiger partial charge in [0.1, 0.15) is 22.8 Å². The SMILES string of the molecule is Cc1oc2c(C)c(OC(=O)c3ccc4c(c3)S(=O)(=O)c3ccccc3C4=O)ccc2c(=O)c1Oc1ccc([N+](=O)[O-])cc1. The van der Waals surface area contributed by atoms with Crippen LogP contribution >= 0.6 is 0 Å². The molecule has 11 nitrogen and oxygen atoms in total. The van der Waals surface area contributed by atoms with Crippen molar-refractivity contribution in [1.82, 2.24) is 0 Å². The highest BCUT2D eigenvalue weighted by Crippen LogP contribution is 2.36. The third kappa shape index (κ3) is 4.53. The van der Waals surface area contributed by atoms with Crippen LogP contribution in [0.5, 0.6) is 17.2 Å². The summed E-state index contributed by atoms with van der Waals surface area (Å²) >= 11 is 0. The summed E-state index contributed by atoms with van der Waals surface area (Å²) in [4.78, 5) is 49.2. The molecule has 0 atom stereocenters. The molecular formula is C31H19NO10S. The number of ketones is 1. The van der Waals surface area contributed by atoms with E-state index in [4.69, 9.17) is 13.9 Å². The molecule has 1 aliphatic heterocycles. The highest BCUT2D eigenvalue weighted by Gasteiger charge is 2.35. The minimum Gasteiger partial charge on any atom is -0.457 e. The normalized spacial score (nSPS) is 13.2. The average molecular weight is 598 g/mol. The number of nitro groups is 1. The second kappa shape index (κ2) is 10.0. The molecule has 12 heteroatoms. The number of benzene rings is 4. The van der Waals surface area contributed by atoms with Crippen LogP contribution in [0.2, 0.25) is 0 Å². The first-order chi connectivity index (χ1) is 20.5. The molecule has 0 saturated carbocycles. The minimum absolute atomic E-state index is 0.0406. The lowest BCUT2D eigenvalue weighted by molar-refractivity contribution is -0.384. The van der Waals surface area contributed by atoms with Gasteiger partial charge in [-0.3, -0.25) is 19.7 Å². The second-order valence-electron chi connectivity index (χ2n) is 9.66. The zero-order chi connectivity index (χ0) is 30.6. The molecule has 1 aromatic heterocycles. The fourth-order valence-corrected chi connectivity index (χ4v) is 6.50. The summed E-state index contributed by atoms with van der Waals surface area (Å²) in [6.07, 6.45) is 0. The lowest BCUT2D eigenvalue weighted by Gasteiger charge is -2.19. The van der Waals surface area contributed by atoms with Crippen LogP contribution in [0.3, 0.4) is 0 Å². The Morgan fingerprint density at radius 2 is 1.58 bits per heavy atom. The molecule has 2 heterocycles. The van der Waals surface area contributed by atoms with Gasteiger partial charge in [0, 0.05) is 28.8 Å². The summed E-state index contributed by atoms with van der Waals surface area (Å²) < 4.78 is 43.6. The standard InChI is InChI=1S/C31H19NO10S/c1-16-24(14-13-23-28(34)30(17(2)40-29(16)23)41-20-10-8-19(9-11-20)32(36)37)42-31(35)18-7-12-22-26(15-18)43(38,39)25-6-4-3-5-21(25)27(22)33/h3-15H,1-2H3. The zero-order valence-electron chi connectivity index (χ0n) is 22.4. The number of carbonyl (C=O) groups excluding carboxylic acids is 2. The molecule has 0 spiro atoms. The van der Waals surface area contributed by atoms with Crippen molar-refractivity contribution in [2.75, 3.05) is 0 Å². The molecule has 214 valence electrons. The Morgan fingerprint density at radius 3 is 2.30 bits per heavy atom. The van der Waals surface area contributed by atoms with E-state index < -0.39 is 31.9 Å². The first-order valence-electron chi connectivity index (χ1n) is 12.7. The van der Waals surface area contributed by atoms with E-state index in [-0.39, 0.29) is 66.1 Å². The number of esters is 1. The molecule has 0 unspecified atom stereocenters. The van der Waals surface area contributed by atoms with Crippen LogP contribution in [-0.4, -0.2) is 25.1 Å². The van der Waals surface area contributed by atoms with Crippen molar-refractivity contribution in [1.29, 1.82) is 0 Å². The van der Waals surface area contributed by atoms with Gasteiger partial charge >= 0.3 is 5.97 Å². The van der Waals surface area contributed by atoms with Crippen LogP contribution in [0.1, 0.15) is 37.6 Å². The maximum Gasteiger partial charge on any atom is 0.343 e. The quantitative estimate of drug-likeness (QED) is 0.104. The van der Waals surface area contributed by atoms with E-state index in [0.717, 1.165) is 6.07 Å². The third-order valence-electron chi connectivity index (χ3n) is 7.02. The van der Waals surface area contributed by atoms with Gasteiger partial charge in [-0.05, 0) is 68.4 Å². The summed E-state index contributed by atoms with van der Waals surface area (Å²) in [5, 5.41) is 11.0. The number of hydrogen-bond donors (Lipinski definition) is 0. The Kier molecular flexibility index (Phi) is 6.43. The van der Waals surface area contributed by atoms with E-state index in [1.807, 2.05) is 0 Å². The number of nitro benzene ring substituents is 1. The van der Waals surface area contributed by atoms with Crippen LogP contribution in [0.4, 0.5) is 5.69 Å². The minimum atomic E-state index is -4.06. The van der Waals surface area contributed by atoms with Gasteiger partial charge in [0.15, 0.2) is 5.78 Å². The maximum absolute atomic E-state index is 13.3. The summed E-state index contributed by atoms with van der Waals surface area (Å²) in [6.45, 7) is 3.09. The van der Waals surface area contributed by atoms with Crippen molar-refractivity contribution in [3.8, 4) is 17.2 Å². The largest absolute Gasteiger partial charge is 0.457 e. The predicted molar refractivity (Wildman–Crippen MR) is 152 cm³/mol. The van der Waals surface area contributed by atoms with Gasteiger partial charge in [-0.25, -0.2) is 13.2 Å². The smallest absolute Gasteiger partial charge is 0.343 e. The van der Waals surface area contributed by atoms with Crippen molar-refractivity contribution in [2.24, 2.45) is 0 Å². The van der Waals surface area contributed by atoms with Gasteiger partial charge in [0.2, 0.25) is 21.0 Å². The topological polar surface area (TPSA) is 160 Å². The number of rotatable bonds is 5. The zero-order valence-corrected chi connectivity index (χ0v) is 23.3. The third-order valence-corrected chi connectivity index (χ3v) is 8.88. The number of non-ortho nitro benzene ring substituents is 1. The van der Waals surface area contributed by atoms with E-state index in [1.54, 1.807) is 13.0 Å². The first kappa shape index (κ1) is 27.5. The first-order valence-corrected chi connectivity index (χ1v) is 14.2. The molecule has 6 rings (SSSR count). The molecule has 5 aromatic rings. The molecule has 0 radical (unpaired) electrons. The Balaban J connectivity index is 1.31. The van der Waals surface area contributed by atoms with Crippen molar-refractivity contribution in [3.05, 3.63) is 127 Å². The molecule has 0 amide bonds. The second-order valence-corrected chi connectivity index (χ2v) is 11.6. The van der Waals surface area contributed by atoms with Gasteiger partial charge < -0.3 is 13.9 Å². The van der Waals surface area contributed by atoms with Crippen LogP contribution in [0.15, 0.2) is 97.9 Å². The number of nitrogens with zero attached hydrogens (tertiary/aromatic N) is 1. The number of ether oxygens (including phenoxy) is 2. The van der Waals surface area contributed by atoms with Gasteiger partial charge in [0.25, 0.3) is 5.69 Å². The van der Waals surface area contributed by atoms with E-state index >= 15 is 0 Å². The van der Waals surface area contributed by atoms with Crippen LogP contribution in [-0.2, 0) is 9.84 Å². The lowest BCUT2D eigenvalue weighted by atomic mass is 10.0. The Bertz CT molecular complexity index is 2200. The Labute approximate surface area is 243 Å². The fraction of sp³-hybridized carbons (Fsp3) is 0.0645. The van der Waals surface area contributed by atoms with Crippen molar-refractivity contribution in [2.45, 2.75) is 23.6 Å². The summed E-state index contributed by atoms with van der Waals surface area (Å²) in [7, 11) is -4.06. The van der Waals surface area contributed by atoms with E-state index in [0.29, 0.717) is 5.56 Å². The van der Waals surface area contributed by atoms with Gasteiger partial charge in [-0.15, -0.1) is 0 Å². The van der Waals surface area contributed by atoms with Gasteiger partial charge in [0.05, 0.1) is 25.7 Å². The lowest BCUT2D eigenvalue weighted by Crippen LogP contribution is -2.21. The van der Waals surface area contributed by atoms with Crippen molar-refractivity contribution < 1.29 is 36.8 Å². The van der Waals surface area contributed by atoms with Crippen molar-refractivity contribution in [3.63, 3.8) is 0 Å². The van der Waals surface area contributed by atoms with Crippen LogP contribution < -0.4 is 14.9 Å². The van der Waals surface area contributed by atoms with Crippen LogP contribution in [0, 0.1) is 24.0 Å². The molecule has 43 heavy (non-hydrogen) atoms. The highest BCUT2D eigenvalue weighted by molar-refractivity contribution is 7.91. The Morgan fingerprint density at radius 1 is 0.884 bits per heavy atom.